The van der Waals surface area contributed by atoms with Gasteiger partial charge in [-0.1, -0.05) is 45.0 Å². The zero-order valence-electron chi connectivity index (χ0n) is 12.6. The molecular weight excluding hydrogens is 234 g/mol. The highest BCUT2D eigenvalue weighted by Gasteiger charge is 2.13. The van der Waals surface area contributed by atoms with Crippen molar-refractivity contribution in [2.24, 2.45) is 5.10 Å². The molecule has 1 heterocycles. The van der Waals surface area contributed by atoms with Crippen molar-refractivity contribution in [3.05, 3.63) is 35.4 Å². The molecule has 3 nitrogen and oxygen atoms in total. The Morgan fingerprint density at radius 2 is 1.58 bits per heavy atom. The molecule has 1 aliphatic heterocycles. The Kier molecular flexibility index (Phi) is 4.25. The van der Waals surface area contributed by atoms with Crippen LogP contribution in [0, 0.1) is 0 Å². The summed E-state index contributed by atoms with van der Waals surface area (Å²) in [7, 11) is 2.16. The van der Waals surface area contributed by atoms with Crippen LogP contribution in [0.4, 0.5) is 0 Å². The Morgan fingerprint density at radius 3 is 2.11 bits per heavy atom. The van der Waals surface area contributed by atoms with Crippen molar-refractivity contribution >= 4 is 6.21 Å². The van der Waals surface area contributed by atoms with Crippen LogP contribution in [0.2, 0.25) is 0 Å². The van der Waals surface area contributed by atoms with Gasteiger partial charge in [0.25, 0.3) is 0 Å². The molecule has 1 aromatic rings. The van der Waals surface area contributed by atoms with E-state index in [1.807, 2.05) is 6.21 Å². The Morgan fingerprint density at radius 1 is 1.00 bits per heavy atom. The first kappa shape index (κ1) is 14.1. The molecule has 0 aliphatic carbocycles. The molecule has 0 N–H and O–H groups in total. The molecule has 3 heteroatoms. The van der Waals surface area contributed by atoms with Gasteiger partial charge in [-0.2, -0.15) is 5.10 Å². The van der Waals surface area contributed by atoms with E-state index in [2.05, 4.69) is 67.1 Å². The third-order valence-electron chi connectivity index (χ3n) is 3.63. The Labute approximate surface area is 116 Å². The van der Waals surface area contributed by atoms with Crippen LogP contribution in [-0.2, 0) is 5.41 Å². The van der Waals surface area contributed by atoms with E-state index >= 15 is 0 Å². The summed E-state index contributed by atoms with van der Waals surface area (Å²) in [5.41, 5.74) is 2.75. The lowest BCUT2D eigenvalue weighted by Crippen LogP contribution is -2.41. The summed E-state index contributed by atoms with van der Waals surface area (Å²) in [5.74, 6) is 0. The number of piperazine rings is 1. The van der Waals surface area contributed by atoms with Crippen molar-refractivity contribution in [1.82, 2.24) is 9.91 Å². The second-order valence-electron chi connectivity index (χ2n) is 6.37. The molecule has 104 valence electrons. The van der Waals surface area contributed by atoms with Gasteiger partial charge in [-0.25, -0.2) is 0 Å². The number of hydrogen-bond donors (Lipinski definition) is 0. The van der Waals surface area contributed by atoms with Crippen LogP contribution in [0.15, 0.2) is 29.4 Å². The first-order valence-corrected chi connectivity index (χ1v) is 7.03. The van der Waals surface area contributed by atoms with Crippen molar-refractivity contribution in [3.63, 3.8) is 0 Å². The van der Waals surface area contributed by atoms with Crippen molar-refractivity contribution < 1.29 is 0 Å². The number of benzene rings is 1. The predicted molar refractivity (Wildman–Crippen MR) is 81.8 cm³/mol. The van der Waals surface area contributed by atoms with Crippen LogP contribution in [0.25, 0.3) is 0 Å². The molecular formula is C16H25N3. The molecule has 0 bridgehead atoms. The van der Waals surface area contributed by atoms with Crippen LogP contribution in [-0.4, -0.2) is 49.4 Å². The van der Waals surface area contributed by atoms with Crippen molar-refractivity contribution in [2.45, 2.75) is 26.2 Å². The third kappa shape index (κ3) is 4.06. The average Bonchev–Trinajstić information content (AvgIpc) is 2.37. The Hall–Kier alpha value is -1.35. The summed E-state index contributed by atoms with van der Waals surface area (Å²) in [6.45, 7) is 10.9. The van der Waals surface area contributed by atoms with E-state index in [1.165, 1.54) is 11.1 Å². The van der Waals surface area contributed by atoms with E-state index in [0.29, 0.717) is 0 Å². The van der Waals surface area contributed by atoms with Crippen LogP contribution >= 0.6 is 0 Å². The first-order chi connectivity index (χ1) is 8.95. The lowest BCUT2D eigenvalue weighted by atomic mass is 9.87. The second kappa shape index (κ2) is 5.74. The van der Waals surface area contributed by atoms with Crippen LogP contribution < -0.4 is 0 Å². The molecule has 1 fully saturated rings. The summed E-state index contributed by atoms with van der Waals surface area (Å²) in [6.07, 6.45) is 1.97. The number of rotatable bonds is 2. The molecule has 1 aromatic carbocycles. The van der Waals surface area contributed by atoms with E-state index in [4.69, 9.17) is 0 Å². The summed E-state index contributed by atoms with van der Waals surface area (Å²) < 4.78 is 0. The average molecular weight is 259 g/mol. The minimum absolute atomic E-state index is 0.215. The zero-order valence-corrected chi connectivity index (χ0v) is 12.6. The summed E-state index contributed by atoms with van der Waals surface area (Å²) in [4.78, 5) is 2.34. The molecule has 0 aromatic heterocycles. The third-order valence-corrected chi connectivity index (χ3v) is 3.63. The lowest BCUT2D eigenvalue weighted by Gasteiger charge is -2.30. The van der Waals surface area contributed by atoms with E-state index in [9.17, 15) is 0 Å². The SMILES string of the molecule is CN1CCN(N=Cc2ccc(C(C)(C)C)cc2)CC1. The van der Waals surface area contributed by atoms with Crippen molar-refractivity contribution in [3.8, 4) is 0 Å². The first-order valence-electron chi connectivity index (χ1n) is 7.03. The van der Waals surface area contributed by atoms with E-state index in [0.717, 1.165) is 26.2 Å². The van der Waals surface area contributed by atoms with E-state index < -0.39 is 0 Å². The van der Waals surface area contributed by atoms with Crippen molar-refractivity contribution in [1.29, 1.82) is 0 Å². The normalized spacial score (nSPS) is 18.2. The second-order valence-corrected chi connectivity index (χ2v) is 6.37. The molecule has 1 aliphatic rings. The lowest BCUT2D eigenvalue weighted by molar-refractivity contribution is 0.159. The van der Waals surface area contributed by atoms with Gasteiger partial charge in [-0.05, 0) is 23.6 Å². The molecule has 0 spiro atoms. The molecule has 0 radical (unpaired) electrons. The largest absolute Gasteiger partial charge is 0.303 e. The van der Waals surface area contributed by atoms with Gasteiger partial charge in [-0.3, -0.25) is 5.01 Å². The van der Waals surface area contributed by atoms with Gasteiger partial charge in [-0.15, -0.1) is 0 Å². The maximum Gasteiger partial charge on any atom is 0.0542 e. The van der Waals surface area contributed by atoms with E-state index in [1.54, 1.807) is 0 Å². The van der Waals surface area contributed by atoms with Gasteiger partial charge >= 0.3 is 0 Å². The standard InChI is InChI=1S/C16H25N3/c1-16(2,3)15-7-5-14(6-8-15)13-17-19-11-9-18(4)10-12-19/h5-8,13H,9-12H2,1-4H3. The monoisotopic (exact) mass is 259 g/mol. The number of nitrogens with zero attached hydrogens (tertiary/aromatic N) is 3. The van der Waals surface area contributed by atoms with Crippen molar-refractivity contribution in [2.75, 3.05) is 33.2 Å². The van der Waals surface area contributed by atoms with Gasteiger partial charge < -0.3 is 4.90 Å². The molecule has 0 saturated carbocycles. The predicted octanol–water partition coefficient (Wildman–Crippen LogP) is 2.57. The Bertz CT molecular complexity index is 420. The van der Waals surface area contributed by atoms with Crippen LogP contribution in [0.3, 0.4) is 0 Å². The molecule has 0 amide bonds. The highest BCUT2D eigenvalue weighted by Crippen LogP contribution is 2.21. The maximum atomic E-state index is 4.56. The number of likely N-dealkylation sites (N-methyl/N-ethyl adjacent to an activating group) is 1. The van der Waals surface area contributed by atoms with Gasteiger partial charge in [0.05, 0.1) is 6.21 Å². The molecule has 0 atom stereocenters. The molecule has 0 unspecified atom stereocenters. The highest BCUT2D eigenvalue weighted by molar-refractivity contribution is 5.79. The molecule has 1 saturated heterocycles. The zero-order chi connectivity index (χ0) is 13.9. The van der Waals surface area contributed by atoms with Gasteiger partial charge in [0.15, 0.2) is 0 Å². The minimum Gasteiger partial charge on any atom is -0.303 e. The van der Waals surface area contributed by atoms with Crippen LogP contribution in [0.1, 0.15) is 31.9 Å². The van der Waals surface area contributed by atoms with Gasteiger partial charge in [0, 0.05) is 26.2 Å². The fraction of sp³-hybridized carbons (Fsp3) is 0.562. The molecule has 19 heavy (non-hydrogen) atoms. The fourth-order valence-electron chi connectivity index (χ4n) is 2.13. The van der Waals surface area contributed by atoms with E-state index in [-0.39, 0.29) is 5.41 Å². The summed E-state index contributed by atoms with van der Waals surface area (Å²) in [5, 5.41) is 6.71. The Balaban J connectivity index is 1.96. The van der Waals surface area contributed by atoms with Gasteiger partial charge in [0.1, 0.15) is 0 Å². The number of hydrogen-bond acceptors (Lipinski definition) is 3. The topological polar surface area (TPSA) is 18.8 Å². The van der Waals surface area contributed by atoms with Crippen LogP contribution in [0.5, 0.6) is 0 Å². The fourth-order valence-corrected chi connectivity index (χ4v) is 2.13. The van der Waals surface area contributed by atoms with Gasteiger partial charge in [0.2, 0.25) is 0 Å². The quantitative estimate of drug-likeness (QED) is 0.760. The maximum absolute atomic E-state index is 4.56. The summed E-state index contributed by atoms with van der Waals surface area (Å²) in [6, 6.07) is 8.71. The summed E-state index contributed by atoms with van der Waals surface area (Å²) >= 11 is 0. The smallest absolute Gasteiger partial charge is 0.0542 e. The highest BCUT2D eigenvalue weighted by atomic mass is 15.5. The minimum atomic E-state index is 0.215. The number of hydrazone groups is 1. The molecule has 2 rings (SSSR count).